The number of carbonyl (C=O) groups is 1. The molecule has 1 saturated heterocycles. The van der Waals surface area contributed by atoms with Gasteiger partial charge in [-0.2, -0.15) is 13.2 Å². The number of halogens is 4. The van der Waals surface area contributed by atoms with Crippen molar-refractivity contribution in [3.8, 4) is 0 Å². The van der Waals surface area contributed by atoms with E-state index in [9.17, 15) is 26.4 Å². The molecule has 1 N–H and O–H groups in total. The molecule has 1 aromatic carbocycles. The summed E-state index contributed by atoms with van der Waals surface area (Å²) < 4.78 is 63.9. The zero-order chi connectivity index (χ0) is 22.5. The van der Waals surface area contributed by atoms with Gasteiger partial charge in [-0.05, 0) is 63.0 Å². The number of alkyl halides is 3. The second-order valence-corrected chi connectivity index (χ2v) is 9.98. The number of likely N-dealkylation sites (tertiary alicyclic amines) is 1. The van der Waals surface area contributed by atoms with Crippen molar-refractivity contribution in [2.24, 2.45) is 5.92 Å². The lowest BCUT2D eigenvalue weighted by Gasteiger charge is -2.30. The molecule has 1 aliphatic rings. The van der Waals surface area contributed by atoms with Crippen LogP contribution in [0, 0.1) is 5.92 Å². The second kappa shape index (κ2) is 10.2. The van der Waals surface area contributed by atoms with Crippen LogP contribution in [-0.2, 0) is 21.0 Å². The van der Waals surface area contributed by atoms with Crippen molar-refractivity contribution in [3.05, 3.63) is 28.8 Å². The van der Waals surface area contributed by atoms with Gasteiger partial charge >= 0.3 is 6.18 Å². The predicted molar refractivity (Wildman–Crippen MR) is 111 cm³/mol. The fourth-order valence-corrected chi connectivity index (χ4v) is 4.39. The fourth-order valence-electron chi connectivity index (χ4n) is 3.26. The topological polar surface area (TPSA) is 69.7 Å². The highest BCUT2D eigenvalue weighted by Crippen LogP contribution is 2.36. The zero-order valence-corrected chi connectivity index (χ0v) is 18.6. The van der Waals surface area contributed by atoms with Gasteiger partial charge in [0.2, 0.25) is 15.9 Å². The van der Waals surface area contributed by atoms with E-state index in [4.69, 9.17) is 11.6 Å². The van der Waals surface area contributed by atoms with Gasteiger partial charge in [-0.15, -0.1) is 0 Å². The minimum absolute atomic E-state index is 0.194. The Bertz CT molecular complexity index is 841. The molecule has 0 bridgehead atoms. The lowest BCUT2D eigenvalue weighted by molar-refractivity contribution is -0.137. The molecule has 0 saturated carbocycles. The molecule has 6 nitrogen and oxygen atoms in total. The summed E-state index contributed by atoms with van der Waals surface area (Å²) in [6.45, 7) is 4.78. The average Bonchev–Trinajstić information content (AvgIpc) is 2.63. The number of rotatable bonds is 8. The quantitative estimate of drug-likeness (QED) is 0.593. The van der Waals surface area contributed by atoms with E-state index >= 15 is 0 Å². The summed E-state index contributed by atoms with van der Waals surface area (Å²) in [5, 5.41) is 2.44. The van der Waals surface area contributed by atoms with Crippen LogP contribution in [0.4, 0.5) is 18.9 Å². The highest BCUT2D eigenvalue weighted by atomic mass is 35.5. The van der Waals surface area contributed by atoms with E-state index in [1.165, 1.54) is 0 Å². The molecule has 0 aliphatic carbocycles. The third-order valence-corrected chi connectivity index (χ3v) is 6.53. The van der Waals surface area contributed by atoms with E-state index in [0.717, 1.165) is 56.8 Å². The summed E-state index contributed by atoms with van der Waals surface area (Å²) in [5.74, 6) is 0.117. The summed E-state index contributed by atoms with van der Waals surface area (Å²) in [6, 6.07) is 2.36. The number of hydrogen-bond donors (Lipinski definition) is 1. The van der Waals surface area contributed by atoms with E-state index in [1.54, 1.807) is 0 Å². The Morgan fingerprint density at radius 1 is 1.30 bits per heavy atom. The predicted octanol–water partition coefficient (Wildman–Crippen LogP) is 3.36. The number of nitrogens with zero attached hydrogens (tertiary/aromatic N) is 2. The van der Waals surface area contributed by atoms with E-state index in [2.05, 4.69) is 17.1 Å². The summed E-state index contributed by atoms with van der Waals surface area (Å²) in [7, 11) is -4.04. The Hall–Kier alpha value is -1.52. The first kappa shape index (κ1) is 24.7. The van der Waals surface area contributed by atoms with Gasteiger partial charge in [-0.1, -0.05) is 18.5 Å². The summed E-state index contributed by atoms with van der Waals surface area (Å²) >= 11 is 5.94. The SMILES string of the molecule is CC1CCN(CCCNC(=O)CN(c2cc(C(F)(F)F)ccc2Cl)S(C)(=O)=O)CC1. The molecule has 1 amide bonds. The van der Waals surface area contributed by atoms with Gasteiger partial charge in [0.1, 0.15) is 6.54 Å². The largest absolute Gasteiger partial charge is 0.416 e. The molecule has 11 heteroatoms. The molecule has 30 heavy (non-hydrogen) atoms. The number of anilines is 1. The Balaban J connectivity index is 1.98. The van der Waals surface area contributed by atoms with Gasteiger partial charge in [-0.3, -0.25) is 9.10 Å². The van der Waals surface area contributed by atoms with E-state index in [-0.39, 0.29) is 10.7 Å². The number of carbonyl (C=O) groups excluding carboxylic acids is 1. The molecule has 0 atom stereocenters. The van der Waals surface area contributed by atoms with Crippen LogP contribution in [-0.4, -0.2) is 58.2 Å². The lowest BCUT2D eigenvalue weighted by Crippen LogP contribution is -2.41. The Kier molecular flexibility index (Phi) is 8.41. The van der Waals surface area contributed by atoms with Crippen LogP contribution in [0.2, 0.25) is 5.02 Å². The van der Waals surface area contributed by atoms with Crippen molar-refractivity contribution in [1.82, 2.24) is 10.2 Å². The summed E-state index contributed by atoms with van der Waals surface area (Å²) in [6.07, 6.45) is -0.866. The zero-order valence-electron chi connectivity index (χ0n) is 17.0. The fraction of sp³-hybridized carbons (Fsp3) is 0.632. The van der Waals surface area contributed by atoms with Gasteiger partial charge in [0, 0.05) is 6.54 Å². The van der Waals surface area contributed by atoms with Gasteiger partial charge in [0.15, 0.2) is 0 Å². The molecule has 170 valence electrons. The van der Waals surface area contributed by atoms with Crippen molar-refractivity contribution >= 4 is 33.2 Å². The maximum Gasteiger partial charge on any atom is 0.416 e. The van der Waals surface area contributed by atoms with Crippen LogP contribution in [0.5, 0.6) is 0 Å². The molecule has 1 aliphatic heterocycles. The second-order valence-electron chi connectivity index (χ2n) is 7.66. The molecule has 0 radical (unpaired) electrons. The van der Waals surface area contributed by atoms with E-state index < -0.39 is 34.2 Å². The van der Waals surface area contributed by atoms with Crippen molar-refractivity contribution in [2.45, 2.75) is 32.4 Å². The maximum absolute atomic E-state index is 13.0. The molecule has 1 aromatic rings. The third kappa shape index (κ3) is 7.31. The first-order chi connectivity index (χ1) is 13.9. The van der Waals surface area contributed by atoms with Crippen LogP contribution < -0.4 is 9.62 Å². The first-order valence-electron chi connectivity index (χ1n) is 9.71. The Morgan fingerprint density at radius 3 is 2.50 bits per heavy atom. The molecular formula is C19H27ClF3N3O3S. The molecule has 0 unspecified atom stereocenters. The number of piperidine rings is 1. The third-order valence-electron chi connectivity index (χ3n) is 5.08. The number of nitrogens with one attached hydrogen (secondary N) is 1. The molecule has 0 aromatic heterocycles. The van der Waals surface area contributed by atoms with Gasteiger partial charge < -0.3 is 10.2 Å². The Morgan fingerprint density at radius 2 is 1.93 bits per heavy atom. The van der Waals surface area contributed by atoms with Crippen molar-refractivity contribution in [2.75, 3.05) is 43.3 Å². The van der Waals surface area contributed by atoms with E-state index in [1.807, 2.05) is 0 Å². The van der Waals surface area contributed by atoms with Crippen molar-refractivity contribution < 1.29 is 26.4 Å². The normalized spacial score (nSPS) is 16.5. The highest BCUT2D eigenvalue weighted by Gasteiger charge is 2.33. The molecule has 0 spiro atoms. The molecule has 1 heterocycles. The van der Waals surface area contributed by atoms with Gasteiger partial charge in [0.25, 0.3) is 0 Å². The molecule has 2 rings (SSSR count). The lowest BCUT2D eigenvalue weighted by atomic mass is 9.99. The number of hydrogen-bond acceptors (Lipinski definition) is 4. The number of benzene rings is 1. The molecule has 1 fully saturated rings. The minimum Gasteiger partial charge on any atom is -0.354 e. The van der Waals surface area contributed by atoms with Crippen molar-refractivity contribution in [3.63, 3.8) is 0 Å². The molecular weight excluding hydrogens is 443 g/mol. The van der Waals surface area contributed by atoms with Gasteiger partial charge in [-0.25, -0.2) is 8.42 Å². The monoisotopic (exact) mass is 469 g/mol. The average molecular weight is 470 g/mol. The van der Waals surface area contributed by atoms with Crippen LogP contribution in [0.3, 0.4) is 0 Å². The minimum atomic E-state index is -4.67. The van der Waals surface area contributed by atoms with Gasteiger partial charge in [0.05, 0.1) is 22.5 Å². The smallest absolute Gasteiger partial charge is 0.354 e. The van der Waals surface area contributed by atoms with Crippen molar-refractivity contribution in [1.29, 1.82) is 0 Å². The maximum atomic E-state index is 13.0. The first-order valence-corrected chi connectivity index (χ1v) is 11.9. The number of amides is 1. The number of sulfonamides is 1. The standard InChI is InChI=1S/C19H27ClF3N3O3S/c1-14-6-10-25(11-7-14)9-3-8-24-18(27)13-26(30(2,28)29)17-12-15(19(21,22)23)4-5-16(17)20/h4-5,12,14H,3,6-11,13H2,1-2H3,(H,24,27). The summed E-state index contributed by atoms with van der Waals surface area (Å²) in [4.78, 5) is 14.6. The van der Waals surface area contributed by atoms with Crippen LogP contribution >= 0.6 is 11.6 Å². The Labute approximate surface area is 180 Å². The van der Waals surface area contributed by atoms with E-state index in [0.29, 0.717) is 23.3 Å². The van der Waals surface area contributed by atoms with Crippen LogP contribution in [0.15, 0.2) is 18.2 Å². The highest BCUT2D eigenvalue weighted by molar-refractivity contribution is 7.92. The van der Waals surface area contributed by atoms with Crippen LogP contribution in [0.25, 0.3) is 0 Å². The van der Waals surface area contributed by atoms with Crippen LogP contribution in [0.1, 0.15) is 31.7 Å². The summed E-state index contributed by atoms with van der Waals surface area (Å²) in [5.41, 5.74) is -1.43.